The number of nitrogens with zero attached hydrogens (tertiary/aromatic N) is 3. The minimum atomic E-state index is -0.287. The molecule has 4 aromatic rings. The number of aromatic amines is 1. The van der Waals surface area contributed by atoms with Gasteiger partial charge in [-0.3, -0.25) is 4.79 Å². The van der Waals surface area contributed by atoms with E-state index in [-0.39, 0.29) is 11.7 Å². The highest BCUT2D eigenvalue weighted by Gasteiger charge is 2.07. The molecule has 0 fully saturated rings. The first kappa shape index (κ1) is 15.3. The summed E-state index contributed by atoms with van der Waals surface area (Å²) in [5.74, 6) is 0.385. The number of amides is 1. The molecule has 1 aromatic carbocycles. The van der Waals surface area contributed by atoms with Gasteiger partial charge in [0.05, 0.1) is 16.6 Å². The second-order valence-corrected chi connectivity index (χ2v) is 5.82. The van der Waals surface area contributed by atoms with Crippen molar-refractivity contribution in [1.82, 2.24) is 24.9 Å². The highest BCUT2D eigenvalue weighted by molar-refractivity contribution is 5.95. The molecule has 126 valence electrons. The van der Waals surface area contributed by atoms with Crippen LogP contribution >= 0.6 is 0 Å². The number of aryl methyl sites for hydroxylation is 1. The Labute approximate surface area is 142 Å². The smallest absolute Gasteiger partial charge is 0.251 e. The molecular weight excluding hydrogens is 321 g/mol. The van der Waals surface area contributed by atoms with Crippen LogP contribution in [-0.2, 0) is 6.42 Å². The van der Waals surface area contributed by atoms with Crippen molar-refractivity contribution in [1.29, 1.82) is 0 Å². The third-order valence-electron chi connectivity index (χ3n) is 4.03. The van der Waals surface area contributed by atoms with E-state index in [0.29, 0.717) is 24.0 Å². The Kier molecular flexibility index (Phi) is 3.89. The summed E-state index contributed by atoms with van der Waals surface area (Å²) >= 11 is 0. The molecule has 0 radical (unpaired) electrons. The summed E-state index contributed by atoms with van der Waals surface area (Å²) in [6.45, 7) is 0.536. The van der Waals surface area contributed by atoms with Gasteiger partial charge in [-0.05, 0) is 42.8 Å². The minimum absolute atomic E-state index is 0.115. The van der Waals surface area contributed by atoms with E-state index in [0.717, 1.165) is 23.3 Å². The van der Waals surface area contributed by atoms with Crippen LogP contribution in [0, 0.1) is 5.82 Å². The second-order valence-electron chi connectivity index (χ2n) is 5.82. The Morgan fingerprint density at radius 3 is 3.08 bits per heavy atom. The molecule has 4 rings (SSSR count). The predicted molar refractivity (Wildman–Crippen MR) is 91.9 cm³/mol. The number of imidazole rings is 1. The standard InChI is InChI=1S/C18H16FN5O/c19-13-3-4-15-16(11-13)23-17(22-15)2-1-7-20-18(25)12-6-9-24-14(10-12)5-8-21-24/h3-6,8-11H,1-2,7H2,(H,20,25)(H,22,23). The first-order chi connectivity index (χ1) is 12.2. The van der Waals surface area contributed by atoms with E-state index in [1.807, 2.05) is 6.07 Å². The van der Waals surface area contributed by atoms with Crippen LogP contribution in [0.4, 0.5) is 4.39 Å². The minimum Gasteiger partial charge on any atom is -0.352 e. The SMILES string of the molecule is O=C(NCCCc1nc2ccc(F)cc2[nH]1)c1ccn2nccc2c1. The van der Waals surface area contributed by atoms with Crippen molar-refractivity contribution in [2.45, 2.75) is 12.8 Å². The van der Waals surface area contributed by atoms with Gasteiger partial charge in [0.2, 0.25) is 0 Å². The molecule has 7 heteroatoms. The van der Waals surface area contributed by atoms with Gasteiger partial charge in [-0.25, -0.2) is 13.9 Å². The Morgan fingerprint density at radius 1 is 1.24 bits per heavy atom. The summed E-state index contributed by atoms with van der Waals surface area (Å²) in [4.78, 5) is 19.7. The summed E-state index contributed by atoms with van der Waals surface area (Å²) in [5, 5.41) is 7.00. The second kappa shape index (κ2) is 6.35. The van der Waals surface area contributed by atoms with Crippen LogP contribution in [0.2, 0.25) is 0 Å². The maximum Gasteiger partial charge on any atom is 0.251 e. The largest absolute Gasteiger partial charge is 0.352 e. The van der Waals surface area contributed by atoms with Crippen molar-refractivity contribution in [2.75, 3.05) is 6.54 Å². The molecule has 0 saturated carbocycles. The number of rotatable bonds is 5. The first-order valence-electron chi connectivity index (χ1n) is 8.05. The lowest BCUT2D eigenvalue weighted by Crippen LogP contribution is -2.24. The van der Waals surface area contributed by atoms with Crippen molar-refractivity contribution in [3.63, 3.8) is 0 Å². The van der Waals surface area contributed by atoms with E-state index in [4.69, 9.17) is 0 Å². The van der Waals surface area contributed by atoms with Crippen molar-refractivity contribution >= 4 is 22.5 Å². The van der Waals surface area contributed by atoms with Gasteiger partial charge in [-0.1, -0.05) is 0 Å². The summed E-state index contributed by atoms with van der Waals surface area (Å²) in [6, 6.07) is 9.87. The molecule has 0 saturated heterocycles. The average molecular weight is 337 g/mol. The number of halogens is 1. The van der Waals surface area contributed by atoms with Gasteiger partial charge in [0.1, 0.15) is 11.6 Å². The molecule has 6 nitrogen and oxygen atoms in total. The lowest BCUT2D eigenvalue weighted by Gasteiger charge is -2.05. The van der Waals surface area contributed by atoms with Crippen molar-refractivity contribution in [3.05, 3.63) is 66.0 Å². The first-order valence-corrected chi connectivity index (χ1v) is 8.05. The normalized spacial score (nSPS) is 11.2. The molecule has 25 heavy (non-hydrogen) atoms. The molecule has 0 aliphatic rings. The highest BCUT2D eigenvalue weighted by atomic mass is 19.1. The zero-order valence-corrected chi connectivity index (χ0v) is 13.4. The van der Waals surface area contributed by atoms with Crippen LogP contribution in [0.15, 0.2) is 48.8 Å². The number of carbonyl (C=O) groups is 1. The van der Waals surface area contributed by atoms with E-state index in [9.17, 15) is 9.18 Å². The number of nitrogens with one attached hydrogen (secondary N) is 2. The summed E-state index contributed by atoms with van der Waals surface area (Å²) < 4.78 is 14.9. The molecule has 1 amide bonds. The Hall–Kier alpha value is -3.22. The zero-order chi connectivity index (χ0) is 17.2. The van der Waals surface area contributed by atoms with Crippen molar-refractivity contribution in [3.8, 4) is 0 Å². The number of fused-ring (bicyclic) bond motifs is 2. The van der Waals surface area contributed by atoms with Crippen LogP contribution in [0.1, 0.15) is 22.6 Å². The molecule has 3 heterocycles. The number of aromatic nitrogens is 4. The number of benzene rings is 1. The fraction of sp³-hybridized carbons (Fsp3) is 0.167. The average Bonchev–Trinajstić information content (AvgIpc) is 3.23. The number of carbonyl (C=O) groups excluding carboxylic acids is 1. The number of pyridine rings is 1. The highest BCUT2D eigenvalue weighted by Crippen LogP contribution is 2.13. The lowest BCUT2D eigenvalue weighted by molar-refractivity contribution is 0.0953. The van der Waals surface area contributed by atoms with Gasteiger partial charge >= 0.3 is 0 Å². The van der Waals surface area contributed by atoms with Gasteiger partial charge in [-0.2, -0.15) is 5.10 Å². The predicted octanol–water partition coefficient (Wildman–Crippen LogP) is 2.71. The molecule has 0 spiro atoms. The van der Waals surface area contributed by atoms with Gasteiger partial charge in [0.25, 0.3) is 5.91 Å². The molecular formula is C18H16FN5O. The van der Waals surface area contributed by atoms with Crippen molar-refractivity contribution < 1.29 is 9.18 Å². The summed E-state index contributed by atoms with van der Waals surface area (Å²) in [7, 11) is 0. The van der Waals surface area contributed by atoms with E-state index >= 15 is 0 Å². The number of H-pyrrole nitrogens is 1. The van der Waals surface area contributed by atoms with E-state index in [2.05, 4.69) is 20.4 Å². The van der Waals surface area contributed by atoms with Gasteiger partial charge in [-0.15, -0.1) is 0 Å². The van der Waals surface area contributed by atoms with E-state index in [1.165, 1.54) is 12.1 Å². The van der Waals surface area contributed by atoms with Gasteiger partial charge < -0.3 is 10.3 Å². The quantitative estimate of drug-likeness (QED) is 0.550. The molecule has 0 atom stereocenters. The Balaban J connectivity index is 1.32. The molecule has 0 aliphatic carbocycles. The molecule has 3 aromatic heterocycles. The van der Waals surface area contributed by atoms with E-state index in [1.54, 1.807) is 35.1 Å². The van der Waals surface area contributed by atoms with Crippen LogP contribution < -0.4 is 5.32 Å². The van der Waals surface area contributed by atoms with Gasteiger partial charge in [0.15, 0.2) is 0 Å². The number of hydrogen-bond donors (Lipinski definition) is 2. The molecule has 0 bridgehead atoms. The van der Waals surface area contributed by atoms with Crippen LogP contribution in [0.25, 0.3) is 16.6 Å². The molecule has 0 aliphatic heterocycles. The fourth-order valence-electron chi connectivity index (χ4n) is 2.78. The maximum absolute atomic E-state index is 13.2. The molecule has 0 unspecified atom stereocenters. The summed E-state index contributed by atoms with van der Waals surface area (Å²) in [5.41, 5.74) is 2.91. The lowest BCUT2D eigenvalue weighted by atomic mass is 10.2. The monoisotopic (exact) mass is 337 g/mol. The topological polar surface area (TPSA) is 75.1 Å². The third kappa shape index (κ3) is 3.21. The summed E-state index contributed by atoms with van der Waals surface area (Å²) in [6.07, 6.45) is 4.87. The van der Waals surface area contributed by atoms with E-state index < -0.39 is 0 Å². The van der Waals surface area contributed by atoms with Crippen LogP contribution in [-0.4, -0.2) is 32.0 Å². The Morgan fingerprint density at radius 2 is 2.16 bits per heavy atom. The number of hydrogen-bond acceptors (Lipinski definition) is 3. The maximum atomic E-state index is 13.2. The zero-order valence-electron chi connectivity index (χ0n) is 13.4. The van der Waals surface area contributed by atoms with Crippen molar-refractivity contribution in [2.24, 2.45) is 0 Å². The van der Waals surface area contributed by atoms with Gasteiger partial charge in [0, 0.05) is 30.9 Å². The third-order valence-corrected chi connectivity index (χ3v) is 4.03. The van der Waals surface area contributed by atoms with Crippen LogP contribution in [0.3, 0.4) is 0 Å². The van der Waals surface area contributed by atoms with Crippen LogP contribution in [0.5, 0.6) is 0 Å². The fourth-order valence-corrected chi connectivity index (χ4v) is 2.78. The molecule has 2 N–H and O–H groups in total. The Bertz CT molecular complexity index is 1050.